The Morgan fingerprint density at radius 3 is 2.45 bits per heavy atom. The number of likely N-dealkylation sites (N-methyl/N-ethyl adjacent to an activating group) is 1. The van der Waals surface area contributed by atoms with Crippen LogP contribution in [-0.4, -0.2) is 52.1 Å². The summed E-state index contributed by atoms with van der Waals surface area (Å²) in [6.07, 6.45) is 8.39. The number of hydrogen-bond donors (Lipinski definition) is 0. The van der Waals surface area contributed by atoms with Crippen molar-refractivity contribution in [3.05, 3.63) is 58.5 Å². The zero-order chi connectivity index (χ0) is 23.7. The van der Waals surface area contributed by atoms with Crippen molar-refractivity contribution >= 4 is 35.3 Å². The van der Waals surface area contributed by atoms with Crippen LogP contribution in [0.3, 0.4) is 0 Å². The molecule has 1 amide bonds. The van der Waals surface area contributed by atoms with Crippen LogP contribution < -0.4 is 0 Å². The van der Waals surface area contributed by atoms with Crippen LogP contribution >= 0.6 is 12.2 Å². The quantitative estimate of drug-likeness (QED) is 0.364. The molecule has 1 saturated heterocycles. The number of amides is 1. The molecule has 7 heteroatoms. The van der Waals surface area contributed by atoms with Crippen molar-refractivity contribution in [3.63, 3.8) is 0 Å². The Labute approximate surface area is 200 Å². The van der Waals surface area contributed by atoms with E-state index in [4.69, 9.17) is 17.0 Å². The van der Waals surface area contributed by atoms with Crippen molar-refractivity contribution in [2.45, 2.75) is 51.9 Å². The van der Waals surface area contributed by atoms with E-state index in [1.54, 1.807) is 7.05 Å². The van der Waals surface area contributed by atoms with Gasteiger partial charge in [-0.3, -0.25) is 14.5 Å². The van der Waals surface area contributed by atoms with Crippen LogP contribution in [0.2, 0.25) is 0 Å². The van der Waals surface area contributed by atoms with Crippen LogP contribution in [-0.2, 0) is 14.3 Å². The van der Waals surface area contributed by atoms with Crippen molar-refractivity contribution in [1.82, 2.24) is 14.4 Å². The third kappa shape index (κ3) is 4.47. The minimum Gasteiger partial charge on any atom is -0.468 e. The summed E-state index contributed by atoms with van der Waals surface area (Å²) in [5.74, 6) is -0.00429. The van der Waals surface area contributed by atoms with Gasteiger partial charge in [-0.25, -0.2) is 0 Å². The van der Waals surface area contributed by atoms with Crippen molar-refractivity contribution in [1.29, 1.82) is 0 Å². The van der Waals surface area contributed by atoms with Gasteiger partial charge in [-0.1, -0.05) is 31.4 Å². The molecule has 0 radical (unpaired) electrons. The lowest BCUT2D eigenvalue weighted by Crippen LogP contribution is -2.33. The van der Waals surface area contributed by atoms with Gasteiger partial charge in [0, 0.05) is 24.1 Å². The molecule has 0 spiro atoms. The first-order valence-electron chi connectivity index (χ1n) is 11.5. The standard InChI is InChI=1S/C26H31N3O3S/c1-17-14-21(15-23-25(31)27(3)26(33)28(23)16-24(30)32-4)18(2)29(17)22-12-10-20(11-13-22)19-8-6-5-7-9-19/h10-15,19H,5-9,16H2,1-4H3/b23-15-. The fraction of sp³-hybridized carbons (Fsp3) is 0.423. The molecule has 2 fully saturated rings. The number of methoxy groups -OCH3 is 1. The number of benzene rings is 1. The van der Waals surface area contributed by atoms with E-state index in [1.165, 1.54) is 54.6 Å². The highest BCUT2D eigenvalue weighted by molar-refractivity contribution is 7.80. The van der Waals surface area contributed by atoms with E-state index in [1.807, 2.05) is 13.0 Å². The number of esters is 1. The number of aryl methyl sites for hydroxylation is 1. The van der Waals surface area contributed by atoms with Gasteiger partial charge in [0.15, 0.2) is 5.11 Å². The fourth-order valence-corrected chi connectivity index (χ4v) is 5.20. The van der Waals surface area contributed by atoms with Crippen LogP contribution in [0.15, 0.2) is 36.0 Å². The lowest BCUT2D eigenvalue weighted by molar-refractivity contribution is -0.140. The molecular weight excluding hydrogens is 434 g/mol. The largest absolute Gasteiger partial charge is 0.468 e. The number of aromatic nitrogens is 1. The van der Waals surface area contributed by atoms with Crippen LogP contribution in [0.1, 0.15) is 60.5 Å². The number of ether oxygens (including phenoxy) is 1. The molecule has 2 aliphatic rings. The molecule has 2 aromatic rings. The molecule has 0 bridgehead atoms. The maximum Gasteiger partial charge on any atom is 0.325 e. The molecule has 1 saturated carbocycles. The Morgan fingerprint density at radius 1 is 1.15 bits per heavy atom. The molecule has 2 heterocycles. The van der Waals surface area contributed by atoms with Gasteiger partial charge < -0.3 is 14.2 Å². The van der Waals surface area contributed by atoms with Crippen molar-refractivity contribution in [3.8, 4) is 5.69 Å². The smallest absolute Gasteiger partial charge is 0.325 e. The highest BCUT2D eigenvalue weighted by Crippen LogP contribution is 2.33. The molecule has 1 aromatic heterocycles. The number of thiocarbonyl (C=S) groups is 1. The van der Waals surface area contributed by atoms with Crippen LogP contribution in [0.4, 0.5) is 0 Å². The zero-order valence-electron chi connectivity index (χ0n) is 19.8. The minimum atomic E-state index is -0.449. The third-order valence-corrected chi connectivity index (χ3v) is 7.33. The monoisotopic (exact) mass is 465 g/mol. The van der Waals surface area contributed by atoms with Crippen molar-refractivity contribution < 1.29 is 14.3 Å². The van der Waals surface area contributed by atoms with Gasteiger partial charge in [0.1, 0.15) is 12.2 Å². The second-order valence-corrected chi connectivity index (χ2v) is 9.29. The molecule has 0 atom stereocenters. The lowest BCUT2D eigenvalue weighted by Gasteiger charge is -2.22. The topological polar surface area (TPSA) is 54.8 Å². The number of carbonyl (C=O) groups is 2. The van der Waals surface area contributed by atoms with E-state index in [0.29, 0.717) is 16.7 Å². The number of carbonyl (C=O) groups excluding carboxylic acids is 2. The molecular formula is C26H31N3O3S. The van der Waals surface area contributed by atoms with Gasteiger partial charge >= 0.3 is 5.97 Å². The summed E-state index contributed by atoms with van der Waals surface area (Å²) < 4.78 is 6.98. The average Bonchev–Trinajstić information content (AvgIpc) is 3.22. The summed E-state index contributed by atoms with van der Waals surface area (Å²) in [6.45, 7) is 4.00. The molecule has 1 aliphatic carbocycles. The molecule has 1 aliphatic heterocycles. The first-order valence-corrected chi connectivity index (χ1v) is 11.9. The highest BCUT2D eigenvalue weighted by Gasteiger charge is 2.37. The summed E-state index contributed by atoms with van der Waals surface area (Å²) in [6, 6.07) is 11.0. The van der Waals surface area contributed by atoms with Gasteiger partial charge in [0.2, 0.25) is 0 Å². The summed E-state index contributed by atoms with van der Waals surface area (Å²) in [5, 5.41) is 0.295. The van der Waals surface area contributed by atoms with Gasteiger partial charge in [-0.05, 0) is 80.2 Å². The van der Waals surface area contributed by atoms with Crippen LogP contribution in [0.25, 0.3) is 11.8 Å². The summed E-state index contributed by atoms with van der Waals surface area (Å²) >= 11 is 5.38. The van der Waals surface area contributed by atoms with E-state index >= 15 is 0 Å². The first-order chi connectivity index (χ1) is 15.8. The van der Waals surface area contributed by atoms with E-state index in [2.05, 4.69) is 41.8 Å². The van der Waals surface area contributed by atoms with Crippen molar-refractivity contribution in [2.24, 2.45) is 0 Å². The molecule has 1 aromatic carbocycles. The Hall–Kier alpha value is -2.93. The number of nitrogens with zero attached hydrogens (tertiary/aromatic N) is 3. The van der Waals surface area contributed by atoms with Crippen molar-refractivity contribution in [2.75, 3.05) is 20.7 Å². The summed E-state index contributed by atoms with van der Waals surface area (Å²) in [7, 11) is 2.94. The fourth-order valence-electron chi connectivity index (χ4n) is 4.95. The molecule has 4 rings (SSSR count). The van der Waals surface area contributed by atoms with Crippen LogP contribution in [0, 0.1) is 13.8 Å². The van der Waals surface area contributed by atoms with Gasteiger partial charge in [-0.2, -0.15) is 0 Å². The second-order valence-electron chi connectivity index (χ2n) is 8.93. The molecule has 174 valence electrons. The first kappa shape index (κ1) is 23.2. The molecule has 0 unspecified atom stereocenters. The Bertz CT molecular complexity index is 1110. The Kier molecular flexibility index (Phi) is 6.70. The maximum absolute atomic E-state index is 12.8. The SMILES string of the molecule is COC(=O)CN1C(=S)N(C)C(=O)/C1=C/c1cc(C)n(-c2ccc(C3CCCCC3)cc2)c1C. The van der Waals surface area contributed by atoms with E-state index in [0.717, 1.165) is 22.6 Å². The van der Waals surface area contributed by atoms with Gasteiger partial charge in [0.05, 0.1) is 7.11 Å². The summed E-state index contributed by atoms with van der Waals surface area (Å²) in [5.41, 5.74) is 5.92. The second kappa shape index (κ2) is 9.51. The summed E-state index contributed by atoms with van der Waals surface area (Å²) in [4.78, 5) is 27.6. The van der Waals surface area contributed by atoms with Gasteiger partial charge in [0.25, 0.3) is 5.91 Å². The zero-order valence-corrected chi connectivity index (χ0v) is 20.6. The maximum atomic E-state index is 12.8. The molecule has 6 nitrogen and oxygen atoms in total. The van der Waals surface area contributed by atoms with Gasteiger partial charge in [-0.15, -0.1) is 0 Å². The third-order valence-electron chi connectivity index (χ3n) is 6.84. The highest BCUT2D eigenvalue weighted by atomic mass is 32.1. The Morgan fingerprint density at radius 2 is 1.82 bits per heavy atom. The molecule has 33 heavy (non-hydrogen) atoms. The van der Waals surface area contributed by atoms with E-state index < -0.39 is 5.97 Å². The number of rotatable bonds is 5. The van der Waals surface area contributed by atoms with Crippen LogP contribution in [0.5, 0.6) is 0 Å². The predicted molar refractivity (Wildman–Crippen MR) is 133 cm³/mol. The van der Waals surface area contributed by atoms with E-state index in [9.17, 15) is 9.59 Å². The normalized spacial score (nSPS) is 18.5. The molecule has 0 N–H and O–H groups in total. The predicted octanol–water partition coefficient (Wildman–Crippen LogP) is 4.71. The lowest BCUT2D eigenvalue weighted by atomic mass is 9.84. The number of hydrogen-bond acceptors (Lipinski definition) is 4. The van der Waals surface area contributed by atoms with E-state index in [-0.39, 0.29) is 12.5 Å². The Balaban J connectivity index is 1.65. The average molecular weight is 466 g/mol. The minimum absolute atomic E-state index is 0.0986.